The van der Waals surface area contributed by atoms with E-state index in [1.807, 2.05) is 26.0 Å². The quantitative estimate of drug-likeness (QED) is 0.478. The van der Waals surface area contributed by atoms with Gasteiger partial charge in [-0.25, -0.2) is 23.5 Å². The topological polar surface area (TPSA) is 119 Å². The number of benzene rings is 2. The number of ether oxygens (including phenoxy) is 1. The van der Waals surface area contributed by atoms with Crippen molar-refractivity contribution in [1.29, 1.82) is 0 Å². The summed E-state index contributed by atoms with van der Waals surface area (Å²) in [6.07, 6.45) is 1.35. The van der Waals surface area contributed by atoms with Crippen LogP contribution in [-0.2, 0) is 16.6 Å². The number of nitrogens with one attached hydrogen (secondary N) is 2. The molecule has 3 aromatic rings. The van der Waals surface area contributed by atoms with Gasteiger partial charge in [0.15, 0.2) is 0 Å². The molecule has 10 heteroatoms. The Morgan fingerprint density at radius 2 is 1.77 bits per heavy atom. The summed E-state index contributed by atoms with van der Waals surface area (Å²) < 4.78 is 29.2. The highest BCUT2D eigenvalue weighted by molar-refractivity contribution is 7.89. The van der Waals surface area contributed by atoms with Crippen molar-refractivity contribution in [3.8, 4) is 5.75 Å². The molecule has 3 rings (SSSR count). The number of hydrogen-bond donors (Lipinski definition) is 3. The predicted octanol–water partition coefficient (Wildman–Crippen LogP) is 3.92. The third kappa shape index (κ3) is 6.06. The first-order valence-corrected chi connectivity index (χ1v) is 11.0. The van der Waals surface area contributed by atoms with Gasteiger partial charge in [-0.15, -0.1) is 0 Å². The summed E-state index contributed by atoms with van der Waals surface area (Å²) in [5.74, 6) is 1.71. The summed E-state index contributed by atoms with van der Waals surface area (Å²) in [6, 6.07) is 13.5. The molecule has 0 aliphatic heterocycles. The number of aromatic nitrogens is 2. The lowest BCUT2D eigenvalue weighted by Gasteiger charge is -2.16. The number of halogens is 1. The van der Waals surface area contributed by atoms with Gasteiger partial charge in [0, 0.05) is 28.9 Å². The van der Waals surface area contributed by atoms with Crippen molar-refractivity contribution < 1.29 is 13.2 Å². The zero-order valence-electron chi connectivity index (χ0n) is 16.5. The third-order valence-electron chi connectivity index (χ3n) is 3.97. The van der Waals surface area contributed by atoms with Crippen LogP contribution in [-0.4, -0.2) is 24.5 Å². The molecule has 0 radical (unpaired) electrons. The van der Waals surface area contributed by atoms with Crippen molar-refractivity contribution >= 4 is 38.9 Å². The summed E-state index contributed by atoms with van der Waals surface area (Å²) in [7, 11) is -3.83. The molecule has 0 bridgehead atoms. The largest absolute Gasteiger partial charge is 0.491 e. The Morgan fingerprint density at radius 1 is 1.07 bits per heavy atom. The molecular formula is C20H22ClN5O3S. The van der Waals surface area contributed by atoms with Crippen LogP contribution in [0, 0.1) is 0 Å². The number of hydrogen-bond acceptors (Lipinski definition) is 7. The second-order valence-electron chi connectivity index (χ2n) is 6.76. The highest BCUT2D eigenvalue weighted by Gasteiger charge is 2.13. The van der Waals surface area contributed by atoms with Crippen LogP contribution < -0.4 is 20.5 Å². The van der Waals surface area contributed by atoms with E-state index in [0.29, 0.717) is 28.0 Å². The molecule has 0 aliphatic carbocycles. The summed E-state index contributed by atoms with van der Waals surface area (Å²) in [5.41, 5.74) is 1.47. The fourth-order valence-electron chi connectivity index (χ4n) is 2.63. The van der Waals surface area contributed by atoms with Gasteiger partial charge in [-0.3, -0.25) is 0 Å². The minimum absolute atomic E-state index is 0.0168. The molecule has 30 heavy (non-hydrogen) atoms. The highest BCUT2D eigenvalue weighted by atomic mass is 35.5. The SMILES string of the molecule is CC(C)Oc1ccc(S(N)(=O)=O)cc1CNc1cc(Nc2ccc(Cl)cc2)ncn1. The Hall–Kier alpha value is -2.88. The van der Waals surface area contributed by atoms with E-state index in [2.05, 4.69) is 20.6 Å². The molecule has 4 N–H and O–H groups in total. The molecule has 0 saturated heterocycles. The number of nitrogens with zero attached hydrogens (tertiary/aromatic N) is 2. The van der Waals surface area contributed by atoms with Crippen LogP contribution in [0.1, 0.15) is 19.4 Å². The van der Waals surface area contributed by atoms with Gasteiger partial charge in [0.25, 0.3) is 0 Å². The first kappa shape index (κ1) is 21.8. The zero-order valence-corrected chi connectivity index (χ0v) is 18.0. The van der Waals surface area contributed by atoms with Gasteiger partial charge in [-0.05, 0) is 56.3 Å². The van der Waals surface area contributed by atoms with Crippen molar-refractivity contribution in [2.75, 3.05) is 10.6 Å². The van der Waals surface area contributed by atoms with E-state index < -0.39 is 10.0 Å². The van der Waals surface area contributed by atoms with Gasteiger partial charge in [-0.2, -0.15) is 0 Å². The lowest BCUT2D eigenvalue weighted by atomic mass is 10.2. The molecule has 0 amide bonds. The molecule has 158 valence electrons. The summed E-state index contributed by atoms with van der Waals surface area (Å²) in [6.45, 7) is 4.07. The number of anilines is 3. The molecule has 1 aromatic heterocycles. The fourth-order valence-corrected chi connectivity index (χ4v) is 3.32. The lowest BCUT2D eigenvalue weighted by molar-refractivity contribution is 0.240. The average molecular weight is 448 g/mol. The van der Waals surface area contributed by atoms with Crippen LogP contribution in [0.2, 0.25) is 5.02 Å². The van der Waals surface area contributed by atoms with Crippen LogP contribution in [0.5, 0.6) is 5.75 Å². The number of rotatable bonds is 8. The van der Waals surface area contributed by atoms with Crippen molar-refractivity contribution in [1.82, 2.24) is 9.97 Å². The second-order valence-corrected chi connectivity index (χ2v) is 8.75. The first-order valence-electron chi connectivity index (χ1n) is 9.11. The van der Waals surface area contributed by atoms with Crippen LogP contribution >= 0.6 is 11.6 Å². The first-order chi connectivity index (χ1) is 14.2. The Kier molecular flexibility index (Phi) is 6.76. The molecule has 0 atom stereocenters. The van der Waals surface area contributed by atoms with Crippen LogP contribution in [0.4, 0.5) is 17.3 Å². The van der Waals surface area contributed by atoms with Gasteiger partial charge >= 0.3 is 0 Å². The summed E-state index contributed by atoms with van der Waals surface area (Å²) >= 11 is 5.90. The van der Waals surface area contributed by atoms with Crippen LogP contribution in [0.3, 0.4) is 0 Å². The maximum atomic E-state index is 11.7. The summed E-state index contributed by atoms with van der Waals surface area (Å²) in [4.78, 5) is 8.42. The molecule has 0 aliphatic rings. The van der Waals surface area contributed by atoms with Gasteiger partial charge in [0.2, 0.25) is 10.0 Å². The van der Waals surface area contributed by atoms with Gasteiger partial charge in [-0.1, -0.05) is 11.6 Å². The smallest absolute Gasteiger partial charge is 0.238 e. The van der Waals surface area contributed by atoms with Gasteiger partial charge in [0.1, 0.15) is 23.7 Å². The van der Waals surface area contributed by atoms with Gasteiger partial charge < -0.3 is 15.4 Å². The molecular weight excluding hydrogens is 426 g/mol. The second kappa shape index (κ2) is 9.29. The molecule has 1 heterocycles. The van der Waals surface area contributed by atoms with Crippen molar-refractivity contribution in [3.63, 3.8) is 0 Å². The van der Waals surface area contributed by atoms with Crippen molar-refractivity contribution in [2.24, 2.45) is 5.14 Å². The minimum Gasteiger partial charge on any atom is -0.491 e. The lowest BCUT2D eigenvalue weighted by Crippen LogP contribution is -2.14. The Morgan fingerprint density at radius 3 is 2.43 bits per heavy atom. The molecule has 0 fully saturated rings. The maximum absolute atomic E-state index is 11.7. The predicted molar refractivity (Wildman–Crippen MR) is 118 cm³/mol. The average Bonchev–Trinajstić information content (AvgIpc) is 2.68. The van der Waals surface area contributed by atoms with E-state index in [4.69, 9.17) is 21.5 Å². The standard InChI is InChI=1S/C20H22ClN5O3S/c1-13(2)29-18-8-7-17(30(22,27)28)9-14(18)11-23-19-10-20(25-12-24-19)26-16-5-3-15(21)4-6-16/h3-10,12-13H,11H2,1-2H3,(H2,22,27,28)(H2,23,24,25,26). The number of primary sulfonamides is 1. The van der Waals surface area contributed by atoms with E-state index >= 15 is 0 Å². The summed E-state index contributed by atoms with van der Waals surface area (Å²) in [5, 5.41) is 12.2. The zero-order chi connectivity index (χ0) is 21.7. The highest BCUT2D eigenvalue weighted by Crippen LogP contribution is 2.25. The van der Waals surface area contributed by atoms with Crippen molar-refractivity contribution in [3.05, 3.63) is 65.4 Å². The monoisotopic (exact) mass is 447 g/mol. The van der Waals surface area contributed by atoms with E-state index in [9.17, 15) is 8.42 Å². The molecule has 0 spiro atoms. The van der Waals surface area contributed by atoms with E-state index in [1.165, 1.54) is 18.5 Å². The Labute approximate surface area is 180 Å². The van der Waals surface area contributed by atoms with Crippen molar-refractivity contribution in [2.45, 2.75) is 31.4 Å². The van der Waals surface area contributed by atoms with E-state index in [1.54, 1.807) is 24.3 Å². The van der Waals surface area contributed by atoms with Crippen LogP contribution in [0.15, 0.2) is 59.8 Å². The molecule has 2 aromatic carbocycles. The van der Waals surface area contributed by atoms with Crippen LogP contribution in [0.25, 0.3) is 0 Å². The minimum atomic E-state index is -3.83. The number of sulfonamides is 1. The maximum Gasteiger partial charge on any atom is 0.238 e. The van der Waals surface area contributed by atoms with E-state index in [-0.39, 0.29) is 17.5 Å². The molecule has 0 unspecified atom stereocenters. The van der Waals surface area contributed by atoms with E-state index in [0.717, 1.165) is 5.69 Å². The normalized spacial score (nSPS) is 11.4. The third-order valence-corrected chi connectivity index (χ3v) is 5.13. The Bertz CT molecular complexity index is 1120. The molecule has 8 nitrogen and oxygen atoms in total. The number of nitrogens with two attached hydrogens (primary N) is 1. The molecule has 0 saturated carbocycles. The van der Waals surface area contributed by atoms with Gasteiger partial charge in [0.05, 0.1) is 11.0 Å². The fraction of sp³-hybridized carbons (Fsp3) is 0.200. The Balaban J connectivity index is 1.78.